The van der Waals surface area contributed by atoms with Crippen LogP contribution in [0.5, 0.6) is 0 Å². The molecule has 1 saturated heterocycles. The zero-order valence-electron chi connectivity index (χ0n) is 12.1. The summed E-state index contributed by atoms with van der Waals surface area (Å²) in [6.45, 7) is 2.34. The Morgan fingerprint density at radius 1 is 0.900 bits per heavy atom. The minimum absolute atomic E-state index is 0.0593. The van der Waals surface area contributed by atoms with Crippen molar-refractivity contribution >= 4 is 11.8 Å². The minimum atomic E-state index is 0.0593. The van der Waals surface area contributed by atoms with Gasteiger partial charge in [0.25, 0.3) is 0 Å². The Morgan fingerprint density at radius 3 is 1.90 bits per heavy atom. The highest BCUT2D eigenvalue weighted by Crippen LogP contribution is 2.07. The van der Waals surface area contributed by atoms with Gasteiger partial charge in [-0.3, -0.25) is 14.5 Å². The van der Waals surface area contributed by atoms with Crippen molar-refractivity contribution in [2.45, 2.75) is 6.54 Å². The van der Waals surface area contributed by atoms with E-state index in [4.69, 9.17) is 0 Å². The molecule has 0 aromatic heterocycles. The number of hydrogen-bond acceptors (Lipinski definition) is 3. The van der Waals surface area contributed by atoms with Crippen molar-refractivity contribution in [3.8, 4) is 0 Å². The second-order valence-electron chi connectivity index (χ2n) is 5.26. The number of carbonyl (C=O) groups is 2. The predicted molar refractivity (Wildman–Crippen MR) is 77.0 cm³/mol. The molecule has 108 valence electrons. The number of likely N-dealkylation sites (N-methyl/N-ethyl adjacent to an activating group) is 2. The van der Waals surface area contributed by atoms with E-state index in [-0.39, 0.29) is 24.9 Å². The lowest BCUT2D eigenvalue weighted by atomic mass is 10.2. The Bertz CT molecular complexity index is 451. The van der Waals surface area contributed by atoms with Crippen LogP contribution in [0.2, 0.25) is 0 Å². The SMILES string of the molecule is CN1CCN(C)C(=O)CN(Cc2ccccc2)CC1=O. The van der Waals surface area contributed by atoms with Gasteiger partial charge in [-0.25, -0.2) is 0 Å². The number of hydrogen-bond donors (Lipinski definition) is 0. The highest BCUT2D eigenvalue weighted by molar-refractivity contribution is 5.82. The molecular formula is C15H21N3O2. The van der Waals surface area contributed by atoms with Crippen molar-refractivity contribution in [3.63, 3.8) is 0 Å². The van der Waals surface area contributed by atoms with Gasteiger partial charge < -0.3 is 9.80 Å². The first-order chi connectivity index (χ1) is 9.56. The fourth-order valence-electron chi connectivity index (χ4n) is 2.18. The Hall–Kier alpha value is -1.88. The molecule has 0 saturated carbocycles. The molecule has 20 heavy (non-hydrogen) atoms. The van der Waals surface area contributed by atoms with E-state index in [2.05, 4.69) is 0 Å². The van der Waals surface area contributed by atoms with Crippen LogP contribution in [-0.4, -0.2) is 66.8 Å². The Labute approximate surface area is 119 Å². The molecule has 5 heteroatoms. The maximum atomic E-state index is 12.1. The zero-order valence-corrected chi connectivity index (χ0v) is 12.1. The van der Waals surface area contributed by atoms with E-state index in [1.807, 2.05) is 35.2 Å². The zero-order chi connectivity index (χ0) is 14.5. The van der Waals surface area contributed by atoms with Crippen LogP contribution < -0.4 is 0 Å². The normalized spacial score (nSPS) is 18.7. The third-order valence-electron chi connectivity index (χ3n) is 3.59. The van der Waals surface area contributed by atoms with E-state index in [1.165, 1.54) is 0 Å². The first-order valence-electron chi connectivity index (χ1n) is 6.80. The first kappa shape index (κ1) is 14.5. The lowest BCUT2D eigenvalue weighted by Crippen LogP contribution is -2.39. The molecule has 0 radical (unpaired) electrons. The molecule has 0 bridgehead atoms. The fourth-order valence-corrected chi connectivity index (χ4v) is 2.18. The molecular weight excluding hydrogens is 254 g/mol. The summed E-state index contributed by atoms with van der Waals surface area (Å²) in [5.74, 6) is 0.119. The van der Waals surface area contributed by atoms with Gasteiger partial charge in [-0.15, -0.1) is 0 Å². The molecule has 5 nitrogen and oxygen atoms in total. The molecule has 0 N–H and O–H groups in total. The van der Waals surface area contributed by atoms with Gasteiger partial charge >= 0.3 is 0 Å². The number of rotatable bonds is 2. The molecule has 2 amide bonds. The summed E-state index contributed by atoms with van der Waals surface area (Å²) >= 11 is 0. The van der Waals surface area contributed by atoms with E-state index in [1.54, 1.807) is 23.9 Å². The van der Waals surface area contributed by atoms with Gasteiger partial charge in [0.2, 0.25) is 11.8 Å². The summed E-state index contributed by atoms with van der Waals surface area (Å²) in [6.07, 6.45) is 0. The van der Waals surface area contributed by atoms with Gasteiger partial charge in [0.05, 0.1) is 13.1 Å². The van der Waals surface area contributed by atoms with Crippen LogP contribution >= 0.6 is 0 Å². The van der Waals surface area contributed by atoms with E-state index >= 15 is 0 Å². The van der Waals surface area contributed by atoms with Crippen molar-refractivity contribution < 1.29 is 9.59 Å². The smallest absolute Gasteiger partial charge is 0.236 e. The summed E-state index contributed by atoms with van der Waals surface area (Å²) < 4.78 is 0. The number of carbonyl (C=O) groups excluding carboxylic acids is 2. The maximum absolute atomic E-state index is 12.1. The van der Waals surface area contributed by atoms with Crippen molar-refractivity contribution in [2.75, 3.05) is 40.3 Å². The summed E-state index contributed by atoms with van der Waals surface area (Å²) in [4.78, 5) is 29.5. The van der Waals surface area contributed by atoms with E-state index in [0.29, 0.717) is 19.6 Å². The van der Waals surface area contributed by atoms with Crippen molar-refractivity contribution in [3.05, 3.63) is 35.9 Å². The standard InChI is InChI=1S/C15H21N3O2/c1-16-8-9-17(2)15(20)12-18(11-14(16)19)10-13-6-4-3-5-7-13/h3-7H,8-12H2,1-2H3. The molecule has 1 aromatic rings. The van der Waals surface area contributed by atoms with Crippen LogP contribution in [0.4, 0.5) is 0 Å². The topological polar surface area (TPSA) is 43.9 Å². The van der Waals surface area contributed by atoms with Crippen LogP contribution in [0.1, 0.15) is 5.56 Å². The van der Waals surface area contributed by atoms with Gasteiger partial charge in [-0.1, -0.05) is 30.3 Å². The average molecular weight is 275 g/mol. The van der Waals surface area contributed by atoms with Crippen LogP contribution in [0, 0.1) is 0 Å². The highest BCUT2D eigenvalue weighted by Gasteiger charge is 2.22. The lowest BCUT2D eigenvalue weighted by molar-refractivity contribution is -0.131. The molecule has 2 rings (SSSR count). The monoisotopic (exact) mass is 275 g/mol. The van der Waals surface area contributed by atoms with E-state index < -0.39 is 0 Å². The largest absolute Gasteiger partial charge is 0.343 e. The Morgan fingerprint density at radius 2 is 1.40 bits per heavy atom. The van der Waals surface area contributed by atoms with Crippen LogP contribution in [0.25, 0.3) is 0 Å². The van der Waals surface area contributed by atoms with Gasteiger partial charge in [-0.2, -0.15) is 0 Å². The summed E-state index contributed by atoms with van der Waals surface area (Å²) in [5, 5.41) is 0. The second-order valence-corrected chi connectivity index (χ2v) is 5.26. The van der Waals surface area contributed by atoms with Crippen molar-refractivity contribution in [2.24, 2.45) is 0 Å². The summed E-state index contributed by atoms with van der Waals surface area (Å²) in [5.41, 5.74) is 1.11. The molecule has 0 unspecified atom stereocenters. The number of amides is 2. The lowest BCUT2D eigenvalue weighted by Gasteiger charge is -2.22. The molecule has 1 aliphatic heterocycles. The molecule has 1 aliphatic rings. The fraction of sp³-hybridized carbons (Fsp3) is 0.467. The van der Waals surface area contributed by atoms with E-state index in [9.17, 15) is 9.59 Å². The Kier molecular flexibility index (Phi) is 4.74. The van der Waals surface area contributed by atoms with Crippen molar-refractivity contribution in [1.29, 1.82) is 0 Å². The molecule has 1 heterocycles. The summed E-state index contributed by atoms with van der Waals surface area (Å²) in [6, 6.07) is 9.91. The van der Waals surface area contributed by atoms with Crippen LogP contribution in [0.3, 0.4) is 0 Å². The van der Waals surface area contributed by atoms with Crippen molar-refractivity contribution in [1.82, 2.24) is 14.7 Å². The van der Waals surface area contributed by atoms with E-state index in [0.717, 1.165) is 5.56 Å². The average Bonchev–Trinajstić information content (AvgIpc) is 2.47. The number of benzene rings is 1. The third kappa shape index (κ3) is 3.81. The van der Waals surface area contributed by atoms with Crippen LogP contribution in [-0.2, 0) is 16.1 Å². The third-order valence-corrected chi connectivity index (χ3v) is 3.59. The predicted octanol–water partition coefficient (Wildman–Crippen LogP) is 0.419. The van der Waals surface area contributed by atoms with Gasteiger partial charge in [0, 0.05) is 33.7 Å². The van der Waals surface area contributed by atoms with Crippen LogP contribution in [0.15, 0.2) is 30.3 Å². The quantitative estimate of drug-likeness (QED) is 0.785. The van der Waals surface area contributed by atoms with Gasteiger partial charge in [0.15, 0.2) is 0 Å². The molecule has 0 atom stereocenters. The Balaban J connectivity index is 2.11. The maximum Gasteiger partial charge on any atom is 0.236 e. The first-order valence-corrected chi connectivity index (χ1v) is 6.80. The molecule has 1 aromatic carbocycles. The molecule has 0 aliphatic carbocycles. The molecule has 1 fully saturated rings. The summed E-state index contributed by atoms with van der Waals surface area (Å²) in [7, 11) is 3.57. The molecule has 0 spiro atoms. The highest BCUT2D eigenvalue weighted by atomic mass is 16.2. The second kappa shape index (κ2) is 6.52. The number of nitrogens with zero attached hydrogens (tertiary/aromatic N) is 3. The minimum Gasteiger partial charge on any atom is -0.343 e. The van der Waals surface area contributed by atoms with Gasteiger partial charge in [0.1, 0.15) is 0 Å². The van der Waals surface area contributed by atoms with Gasteiger partial charge in [-0.05, 0) is 5.56 Å².